The summed E-state index contributed by atoms with van der Waals surface area (Å²) in [4.78, 5) is 31.8. The molecule has 0 saturated carbocycles. The van der Waals surface area contributed by atoms with E-state index in [1.165, 1.54) is 12.0 Å². The van der Waals surface area contributed by atoms with E-state index in [0.717, 1.165) is 4.47 Å². The van der Waals surface area contributed by atoms with Crippen LogP contribution in [0.25, 0.3) is 11.4 Å². The number of aliphatic hydroxyl groups excluding tert-OH is 1. The predicted octanol–water partition coefficient (Wildman–Crippen LogP) is 3.47. The highest BCUT2D eigenvalue weighted by molar-refractivity contribution is 9.10. The molecule has 8 heteroatoms. The van der Waals surface area contributed by atoms with Crippen LogP contribution in [0.15, 0.2) is 58.7 Å². The van der Waals surface area contributed by atoms with E-state index in [1.807, 2.05) is 42.5 Å². The zero-order valence-corrected chi connectivity index (χ0v) is 18.1. The number of ketones is 1. The lowest BCUT2D eigenvalue weighted by Crippen LogP contribution is -2.32. The van der Waals surface area contributed by atoms with Crippen molar-refractivity contribution in [1.29, 1.82) is 0 Å². The molecule has 1 fully saturated rings. The van der Waals surface area contributed by atoms with Crippen LogP contribution in [0.4, 0.5) is 0 Å². The van der Waals surface area contributed by atoms with Crippen LogP contribution in [-0.2, 0) is 14.3 Å². The number of benzene rings is 1. The van der Waals surface area contributed by atoms with Gasteiger partial charge in [-0.05, 0) is 36.8 Å². The summed E-state index contributed by atoms with van der Waals surface area (Å²) in [5.74, 6) is -1.63. The van der Waals surface area contributed by atoms with E-state index in [1.54, 1.807) is 17.5 Å². The Balaban J connectivity index is 1.95. The van der Waals surface area contributed by atoms with Crippen LogP contribution in [-0.4, -0.2) is 51.3 Å². The molecule has 0 aliphatic carbocycles. The minimum Gasteiger partial charge on any atom is -0.505 e. The molecule has 1 atom stereocenters. The van der Waals surface area contributed by atoms with Gasteiger partial charge in [0, 0.05) is 24.3 Å². The molecule has 1 aliphatic rings. The first-order valence-electron chi connectivity index (χ1n) is 9.41. The molecule has 0 bridgehead atoms. The third kappa shape index (κ3) is 3.32. The molecule has 1 saturated heterocycles. The molecular formula is C22H20BrN3O4. The Kier molecular flexibility index (Phi) is 5.44. The molecule has 0 radical (unpaired) electrons. The van der Waals surface area contributed by atoms with Gasteiger partial charge in [0.05, 0.1) is 23.9 Å². The molecule has 3 heterocycles. The fraction of sp³-hybridized carbons (Fsp3) is 0.227. The highest BCUT2D eigenvalue weighted by atomic mass is 79.9. The summed E-state index contributed by atoms with van der Waals surface area (Å²) in [5, 5.41) is 11.3. The number of aromatic nitrogens is 2. The number of imidazole rings is 1. The van der Waals surface area contributed by atoms with E-state index in [9.17, 15) is 14.7 Å². The maximum atomic E-state index is 13.0. The number of methoxy groups -OCH3 is 1. The normalized spacial score (nSPS) is 18.5. The van der Waals surface area contributed by atoms with Gasteiger partial charge in [-0.3, -0.25) is 14.0 Å². The van der Waals surface area contributed by atoms with E-state index in [4.69, 9.17) is 4.74 Å². The Hall–Kier alpha value is -2.97. The van der Waals surface area contributed by atoms with Crippen LogP contribution >= 0.6 is 15.9 Å². The van der Waals surface area contributed by atoms with Gasteiger partial charge in [0.25, 0.3) is 11.7 Å². The molecule has 1 unspecified atom stereocenters. The number of Topliss-reactive ketones (excluding diaryl/α,β-unsaturated/α-hetero) is 1. The highest BCUT2D eigenvalue weighted by Crippen LogP contribution is 2.40. The summed E-state index contributed by atoms with van der Waals surface area (Å²) in [6.45, 7) is 2.25. The maximum Gasteiger partial charge on any atom is 0.295 e. The first-order chi connectivity index (χ1) is 14.4. The number of pyridine rings is 1. The number of rotatable bonds is 5. The van der Waals surface area contributed by atoms with E-state index in [0.29, 0.717) is 22.6 Å². The third-order valence-corrected chi connectivity index (χ3v) is 5.66. The van der Waals surface area contributed by atoms with E-state index >= 15 is 0 Å². The van der Waals surface area contributed by atoms with E-state index in [-0.39, 0.29) is 24.5 Å². The summed E-state index contributed by atoms with van der Waals surface area (Å²) in [6.07, 6.45) is 1.76. The van der Waals surface area contributed by atoms with Crippen molar-refractivity contribution in [1.82, 2.24) is 14.3 Å². The minimum absolute atomic E-state index is 0.0444. The number of hydrogen-bond donors (Lipinski definition) is 1. The van der Waals surface area contributed by atoms with E-state index < -0.39 is 17.7 Å². The minimum atomic E-state index is -0.730. The Morgan fingerprint density at radius 1 is 1.23 bits per heavy atom. The van der Waals surface area contributed by atoms with Gasteiger partial charge >= 0.3 is 0 Å². The number of amides is 1. The number of hydrogen-bond acceptors (Lipinski definition) is 5. The average Bonchev–Trinajstić information content (AvgIpc) is 3.19. The molecule has 1 aromatic carbocycles. The topological polar surface area (TPSA) is 84.1 Å². The van der Waals surface area contributed by atoms with Gasteiger partial charge in [-0.1, -0.05) is 34.1 Å². The summed E-state index contributed by atoms with van der Waals surface area (Å²) in [7, 11) is 1.53. The van der Waals surface area contributed by atoms with Crippen LogP contribution < -0.4 is 0 Å². The molecule has 0 spiro atoms. The van der Waals surface area contributed by atoms with Crippen molar-refractivity contribution in [2.75, 3.05) is 20.3 Å². The third-order valence-electron chi connectivity index (χ3n) is 5.17. The van der Waals surface area contributed by atoms with Crippen LogP contribution in [0.5, 0.6) is 0 Å². The monoisotopic (exact) mass is 469 g/mol. The molecule has 4 rings (SSSR count). The average molecular weight is 470 g/mol. The molecule has 1 amide bonds. The Morgan fingerprint density at radius 2 is 2.03 bits per heavy atom. The second kappa shape index (κ2) is 8.04. The molecule has 2 aromatic heterocycles. The van der Waals surface area contributed by atoms with Crippen molar-refractivity contribution < 1.29 is 19.4 Å². The fourth-order valence-corrected chi connectivity index (χ4v) is 4.27. The van der Waals surface area contributed by atoms with Crippen molar-refractivity contribution in [2.24, 2.45) is 0 Å². The zero-order chi connectivity index (χ0) is 21.4. The first kappa shape index (κ1) is 20.3. The number of aryl methyl sites for hydroxylation is 1. The number of fused-ring (bicyclic) bond motifs is 1. The quantitative estimate of drug-likeness (QED) is 0.351. The lowest BCUT2D eigenvalue weighted by Gasteiger charge is -2.25. The van der Waals surface area contributed by atoms with Gasteiger partial charge in [-0.25, -0.2) is 4.98 Å². The largest absolute Gasteiger partial charge is 0.505 e. The van der Waals surface area contributed by atoms with Crippen molar-refractivity contribution in [3.8, 4) is 0 Å². The molecule has 154 valence electrons. The van der Waals surface area contributed by atoms with Gasteiger partial charge in [-0.2, -0.15) is 0 Å². The molecule has 1 aliphatic heterocycles. The Labute approximate surface area is 181 Å². The van der Waals surface area contributed by atoms with Gasteiger partial charge < -0.3 is 14.7 Å². The first-order valence-corrected chi connectivity index (χ1v) is 10.2. The number of carbonyl (C=O) groups is 2. The molecule has 1 N–H and O–H groups in total. The van der Waals surface area contributed by atoms with Crippen LogP contribution in [0.2, 0.25) is 0 Å². The molecule has 3 aromatic rings. The molecule has 30 heavy (non-hydrogen) atoms. The van der Waals surface area contributed by atoms with Crippen LogP contribution in [0.1, 0.15) is 23.0 Å². The van der Waals surface area contributed by atoms with Crippen LogP contribution in [0, 0.1) is 6.92 Å². The van der Waals surface area contributed by atoms with Crippen molar-refractivity contribution >= 4 is 39.0 Å². The van der Waals surface area contributed by atoms with Gasteiger partial charge in [-0.15, -0.1) is 0 Å². The van der Waals surface area contributed by atoms with E-state index in [2.05, 4.69) is 20.9 Å². The zero-order valence-electron chi connectivity index (χ0n) is 16.5. The van der Waals surface area contributed by atoms with Gasteiger partial charge in [0.1, 0.15) is 11.3 Å². The highest BCUT2D eigenvalue weighted by Gasteiger charge is 2.46. The standard InChI is InChI=1S/C22H20BrN3O4/c1-13-18(25-9-4-3-8-16(25)24-13)20(27)17-19(14-6-5-7-15(23)12-14)26(10-11-30-2)22(29)21(17)28/h3-9,12,19,27H,10-11H2,1-2H3. The summed E-state index contributed by atoms with van der Waals surface area (Å²) in [6, 6.07) is 12.1. The lowest BCUT2D eigenvalue weighted by molar-refractivity contribution is -0.140. The second-order valence-corrected chi connectivity index (χ2v) is 7.93. The number of carbonyl (C=O) groups excluding carboxylic acids is 2. The number of halogens is 1. The fourth-order valence-electron chi connectivity index (χ4n) is 3.85. The summed E-state index contributed by atoms with van der Waals surface area (Å²) < 4.78 is 7.66. The molecular weight excluding hydrogens is 450 g/mol. The van der Waals surface area contributed by atoms with Crippen molar-refractivity contribution in [3.05, 3.63) is 75.7 Å². The lowest BCUT2D eigenvalue weighted by atomic mass is 9.96. The molecule has 7 nitrogen and oxygen atoms in total. The summed E-state index contributed by atoms with van der Waals surface area (Å²) >= 11 is 3.45. The number of likely N-dealkylation sites (tertiary alicyclic amines) is 1. The van der Waals surface area contributed by atoms with Gasteiger partial charge in [0.2, 0.25) is 0 Å². The maximum absolute atomic E-state index is 13.0. The summed E-state index contributed by atoms with van der Waals surface area (Å²) in [5.41, 5.74) is 2.37. The Morgan fingerprint density at radius 3 is 2.77 bits per heavy atom. The van der Waals surface area contributed by atoms with Crippen molar-refractivity contribution in [2.45, 2.75) is 13.0 Å². The van der Waals surface area contributed by atoms with Crippen LogP contribution in [0.3, 0.4) is 0 Å². The Bertz CT molecular complexity index is 1180. The predicted molar refractivity (Wildman–Crippen MR) is 115 cm³/mol. The SMILES string of the molecule is COCCN1C(=O)C(=O)C(=C(O)c2c(C)nc3ccccn23)C1c1cccc(Br)c1. The number of ether oxygens (including phenoxy) is 1. The number of nitrogens with zero attached hydrogens (tertiary/aromatic N) is 3. The van der Waals surface area contributed by atoms with Crippen molar-refractivity contribution in [3.63, 3.8) is 0 Å². The van der Waals surface area contributed by atoms with Gasteiger partial charge in [0.15, 0.2) is 5.76 Å². The second-order valence-electron chi connectivity index (χ2n) is 7.01. The smallest absolute Gasteiger partial charge is 0.295 e. The number of aliphatic hydroxyl groups is 1.